The van der Waals surface area contributed by atoms with Crippen molar-refractivity contribution in [1.82, 2.24) is 9.97 Å². The number of unbranched alkanes of at least 4 members (excludes halogenated alkanes) is 3. The maximum atomic E-state index is 12.6. The fraction of sp³-hybridized carbons (Fsp3) is 0.533. The van der Waals surface area contributed by atoms with E-state index in [4.69, 9.17) is 10.5 Å². The second kappa shape index (κ2) is 12.8. The first-order valence-corrected chi connectivity index (χ1v) is 13.3. The number of amides is 1. The Morgan fingerprint density at radius 1 is 1.11 bits per heavy atom. The molecule has 0 bridgehead atoms. The number of allylic oxidation sites excluding steroid dienone is 5. The van der Waals surface area contributed by atoms with Gasteiger partial charge in [-0.1, -0.05) is 59.0 Å². The molecule has 35 heavy (non-hydrogen) atoms. The van der Waals surface area contributed by atoms with Crippen LogP contribution in [-0.4, -0.2) is 22.5 Å². The van der Waals surface area contributed by atoms with Gasteiger partial charge in [-0.3, -0.25) is 4.79 Å². The molecular weight excluding hydrogens is 434 g/mol. The van der Waals surface area contributed by atoms with Crippen molar-refractivity contribution in [3.05, 3.63) is 58.6 Å². The van der Waals surface area contributed by atoms with Crippen LogP contribution in [0.3, 0.4) is 0 Å². The van der Waals surface area contributed by atoms with Gasteiger partial charge in [-0.05, 0) is 79.9 Å². The number of carbonyl (C=O) groups excluding carboxylic acids is 1. The van der Waals surface area contributed by atoms with E-state index < -0.39 is 5.91 Å². The number of fused-ring (bicyclic) bond motifs is 1. The van der Waals surface area contributed by atoms with Crippen molar-refractivity contribution >= 4 is 22.5 Å². The molecule has 1 atom stereocenters. The Kier molecular flexibility index (Phi) is 9.76. The summed E-state index contributed by atoms with van der Waals surface area (Å²) in [4.78, 5) is 20.4. The summed E-state index contributed by atoms with van der Waals surface area (Å²) in [5, 5.41) is 0. The lowest BCUT2D eigenvalue weighted by Gasteiger charge is -2.19. The summed E-state index contributed by atoms with van der Waals surface area (Å²) in [6.07, 6.45) is 17.4. The minimum atomic E-state index is -0.399. The summed E-state index contributed by atoms with van der Waals surface area (Å²) in [5.74, 6) is 1.54. The maximum absolute atomic E-state index is 12.6. The van der Waals surface area contributed by atoms with E-state index in [1.165, 1.54) is 25.7 Å². The van der Waals surface area contributed by atoms with E-state index in [-0.39, 0.29) is 5.92 Å². The van der Waals surface area contributed by atoms with Crippen LogP contribution in [0, 0.1) is 5.92 Å². The molecular formula is C30H43N3O2. The molecule has 1 heterocycles. The van der Waals surface area contributed by atoms with E-state index in [0.717, 1.165) is 70.7 Å². The summed E-state index contributed by atoms with van der Waals surface area (Å²) >= 11 is 0. The number of ether oxygens (including phenoxy) is 1. The van der Waals surface area contributed by atoms with E-state index in [1.807, 2.05) is 6.92 Å². The molecule has 1 unspecified atom stereocenters. The predicted molar refractivity (Wildman–Crippen MR) is 146 cm³/mol. The van der Waals surface area contributed by atoms with Crippen LogP contribution in [0.4, 0.5) is 0 Å². The highest BCUT2D eigenvalue weighted by Gasteiger charge is 2.23. The number of hydrogen-bond acceptors (Lipinski definition) is 3. The van der Waals surface area contributed by atoms with Crippen molar-refractivity contribution in [1.29, 1.82) is 0 Å². The third kappa shape index (κ3) is 6.87. The standard InChI is InChI=1S/C30H43N3O2/c1-6-35-26-16-12-11-15-23(17-22(26)5)25-18-24(21(4)14-10-8-7-9-13-20(2)3)27(30(31)34)29-28(25)32-19-33-29/h15-21H,6-14H2,1-5H3,(H2,31,34)(H,32,33)/b22-17-,23-15-,26-16+. The number of rotatable bonds is 12. The summed E-state index contributed by atoms with van der Waals surface area (Å²) < 4.78 is 5.87. The first kappa shape index (κ1) is 26.8. The number of hydrogen-bond donors (Lipinski definition) is 2. The number of nitrogens with two attached hydrogens (primary N) is 1. The number of aromatic nitrogens is 2. The molecule has 2 aromatic rings. The minimum Gasteiger partial charge on any atom is -0.494 e. The molecule has 1 amide bonds. The zero-order valence-corrected chi connectivity index (χ0v) is 22.2. The molecule has 1 aliphatic rings. The highest BCUT2D eigenvalue weighted by Crippen LogP contribution is 2.36. The first-order chi connectivity index (χ1) is 16.8. The molecule has 0 saturated heterocycles. The van der Waals surface area contributed by atoms with Crippen LogP contribution in [-0.2, 0) is 4.74 Å². The topological polar surface area (TPSA) is 81.0 Å². The lowest BCUT2D eigenvalue weighted by atomic mass is 9.86. The van der Waals surface area contributed by atoms with Gasteiger partial charge in [0, 0.05) is 5.56 Å². The fourth-order valence-electron chi connectivity index (χ4n) is 5.01. The fourth-order valence-corrected chi connectivity index (χ4v) is 5.01. The average Bonchev–Trinajstić information content (AvgIpc) is 3.29. The zero-order valence-electron chi connectivity index (χ0n) is 22.2. The number of nitrogens with one attached hydrogen (secondary N) is 1. The van der Waals surface area contributed by atoms with Crippen LogP contribution in [0.15, 0.2) is 42.0 Å². The number of carbonyl (C=O) groups is 1. The van der Waals surface area contributed by atoms with Gasteiger partial charge in [-0.25, -0.2) is 4.98 Å². The van der Waals surface area contributed by atoms with Crippen molar-refractivity contribution < 1.29 is 9.53 Å². The second-order valence-electron chi connectivity index (χ2n) is 10.2. The molecule has 3 rings (SSSR count). The Morgan fingerprint density at radius 2 is 1.83 bits per heavy atom. The summed E-state index contributed by atoms with van der Waals surface area (Å²) in [5.41, 5.74) is 12.3. The van der Waals surface area contributed by atoms with E-state index in [2.05, 4.69) is 62.0 Å². The predicted octanol–water partition coefficient (Wildman–Crippen LogP) is 7.81. The number of primary amides is 1. The highest BCUT2D eigenvalue weighted by atomic mass is 16.5. The Hall–Kier alpha value is -2.82. The van der Waals surface area contributed by atoms with Crippen LogP contribution in [0.2, 0.25) is 0 Å². The molecule has 190 valence electrons. The monoisotopic (exact) mass is 477 g/mol. The van der Waals surface area contributed by atoms with E-state index >= 15 is 0 Å². The quantitative estimate of drug-likeness (QED) is 0.306. The van der Waals surface area contributed by atoms with E-state index in [0.29, 0.717) is 12.2 Å². The molecule has 0 aliphatic heterocycles. The average molecular weight is 478 g/mol. The van der Waals surface area contributed by atoms with Crippen LogP contribution >= 0.6 is 0 Å². The molecule has 0 saturated carbocycles. The molecule has 1 aromatic heterocycles. The van der Waals surface area contributed by atoms with Crippen LogP contribution < -0.4 is 5.73 Å². The molecule has 0 radical (unpaired) electrons. The molecule has 1 aromatic carbocycles. The molecule has 0 spiro atoms. The van der Waals surface area contributed by atoms with Gasteiger partial charge in [0.05, 0.1) is 29.5 Å². The molecule has 1 aliphatic carbocycles. The van der Waals surface area contributed by atoms with Gasteiger partial charge < -0.3 is 15.5 Å². The molecule has 5 heteroatoms. The van der Waals surface area contributed by atoms with Gasteiger partial charge in [-0.2, -0.15) is 0 Å². The van der Waals surface area contributed by atoms with Crippen molar-refractivity contribution in [2.75, 3.05) is 6.61 Å². The Labute approximate surface area is 210 Å². The van der Waals surface area contributed by atoms with E-state index in [1.54, 1.807) is 6.33 Å². The lowest BCUT2D eigenvalue weighted by Crippen LogP contribution is -2.16. The van der Waals surface area contributed by atoms with Crippen LogP contribution in [0.25, 0.3) is 16.6 Å². The summed E-state index contributed by atoms with van der Waals surface area (Å²) in [7, 11) is 0. The summed E-state index contributed by atoms with van der Waals surface area (Å²) in [6, 6.07) is 2.16. The van der Waals surface area contributed by atoms with Crippen LogP contribution in [0.1, 0.15) is 113 Å². The number of benzene rings is 1. The Bertz CT molecular complexity index is 1100. The molecule has 3 N–H and O–H groups in total. The van der Waals surface area contributed by atoms with Gasteiger partial charge in [-0.15, -0.1) is 0 Å². The lowest BCUT2D eigenvalue weighted by molar-refractivity contribution is 0.100. The minimum absolute atomic E-state index is 0.229. The second-order valence-corrected chi connectivity index (χ2v) is 10.2. The zero-order chi connectivity index (χ0) is 25.4. The number of aromatic amines is 1. The highest BCUT2D eigenvalue weighted by molar-refractivity contribution is 6.08. The normalized spacial score (nSPS) is 19.8. The van der Waals surface area contributed by atoms with Gasteiger partial charge in [0.15, 0.2) is 0 Å². The SMILES string of the molecule is CCOC1=C/CC/C=C(c2cc(C(C)CCCCCCC(C)C)c(C(N)=O)c3[nH]cnc23)/C=C\1C. The number of imidazole rings is 1. The summed E-state index contributed by atoms with van der Waals surface area (Å²) in [6.45, 7) is 11.5. The number of H-pyrrole nitrogens is 1. The van der Waals surface area contributed by atoms with Gasteiger partial charge in [0.1, 0.15) is 5.76 Å². The van der Waals surface area contributed by atoms with Crippen molar-refractivity contribution in [2.45, 2.75) is 91.9 Å². The van der Waals surface area contributed by atoms with Crippen molar-refractivity contribution in [3.8, 4) is 0 Å². The molecule has 0 fully saturated rings. The smallest absolute Gasteiger partial charge is 0.251 e. The van der Waals surface area contributed by atoms with Crippen molar-refractivity contribution in [3.63, 3.8) is 0 Å². The first-order valence-electron chi connectivity index (χ1n) is 13.3. The number of nitrogens with zero attached hydrogens (tertiary/aromatic N) is 1. The van der Waals surface area contributed by atoms with Gasteiger partial charge >= 0.3 is 0 Å². The maximum Gasteiger partial charge on any atom is 0.251 e. The van der Waals surface area contributed by atoms with Crippen LogP contribution in [0.5, 0.6) is 0 Å². The van der Waals surface area contributed by atoms with Gasteiger partial charge in [0.2, 0.25) is 0 Å². The third-order valence-corrected chi connectivity index (χ3v) is 6.91. The van der Waals surface area contributed by atoms with Crippen molar-refractivity contribution in [2.24, 2.45) is 11.7 Å². The Morgan fingerprint density at radius 3 is 2.51 bits per heavy atom. The largest absolute Gasteiger partial charge is 0.494 e. The molecule has 5 nitrogen and oxygen atoms in total. The third-order valence-electron chi connectivity index (χ3n) is 6.91. The Balaban J connectivity index is 1.94. The van der Waals surface area contributed by atoms with E-state index in [9.17, 15) is 4.79 Å². The van der Waals surface area contributed by atoms with Gasteiger partial charge in [0.25, 0.3) is 5.91 Å².